The van der Waals surface area contributed by atoms with Crippen molar-refractivity contribution < 1.29 is 0 Å². The second kappa shape index (κ2) is 3.72. The van der Waals surface area contributed by atoms with Gasteiger partial charge in [0.15, 0.2) is 0 Å². The van der Waals surface area contributed by atoms with Gasteiger partial charge >= 0.3 is 0 Å². The van der Waals surface area contributed by atoms with Gasteiger partial charge in [-0.15, -0.1) is 0 Å². The fraction of sp³-hybridized carbons (Fsp3) is 0.455. The smallest absolute Gasteiger partial charge is 0.0180 e. The fourth-order valence-corrected chi connectivity index (χ4v) is 1.54. The van der Waals surface area contributed by atoms with Gasteiger partial charge in [0.05, 0.1) is 0 Å². The van der Waals surface area contributed by atoms with Crippen molar-refractivity contribution in [3.63, 3.8) is 0 Å². The predicted molar refractivity (Wildman–Crippen MR) is 53.2 cm³/mol. The summed E-state index contributed by atoms with van der Waals surface area (Å²) in [5.41, 5.74) is 11.0. The van der Waals surface area contributed by atoms with E-state index in [1.807, 2.05) is 0 Å². The summed E-state index contributed by atoms with van der Waals surface area (Å²) in [5.74, 6) is 0. The molecule has 0 saturated heterocycles. The average molecular weight is 163 g/mol. The third kappa shape index (κ3) is 1.67. The molecule has 12 heavy (non-hydrogen) atoms. The van der Waals surface area contributed by atoms with E-state index in [9.17, 15) is 0 Å². The molecule has 66 valence electrons. The minimum absolute atomic E-state index is 0.649. The Morgan fingerprint density at radius 3 is 2.08 bits per heavy atom. The molecule has 0 aliphatic carbocycles. The summed E-state index contributed by atoms with van der Waals surface area (Å²) in [6.45, 7) is 7.11. The van der Waals surface area contributed by atoms with Gasteiger partial charge in [0.2, 0.25) is 0 Å². The number of rotatable bonds is 2. The van der Waals surface area contributed by atoms with Gasteiger partial charge in [0.1, 0.15) is 0 Å². The Bertz CT molecular complexity index is 247. The lowest BCUT2D eigenvalue weighted by Gasteiger charge is -2.08. The molecule has 0 radical (unpaired) electrons. The summed E-state index contributed by atoms with van der Waals surface area (Å²) in [4.78, 5) is 0. The van der Waals surface area contributed by atoms with Gasteiger partial charge < -0.3 is 5.73 Å². The zero-order chi connectivity index (χ0) is 9.14. The molecule has 0 bridgehead atoms. The third-order valence-corrected chi connectivity index (χ3v) is 2.40. The van der Waals surface area contributed by atoms with E-state index in [1.54, 1.807) is 0 Å². The number of aryl methyl sites for hydroxylation is 3. The Labute approximate surface area is 74.6 Å². The summed E-state index contributed by atoms with van der Waals surface area (Å²) in [7, 11) is 0. The molecule has 1 nitrogen and oxygen atoms in total. The van der Waals surface area contributed by atoms with Crippen LogP contribution in [0.15, 0.2) is 12.1 Å². The summed E-state index contributed by atoms with van der Waals surface area (Å²) < 4.78 is 0. The van der Waals surface area contributed by atoms with Crippen molar-refractivity contribution in [3.05, 3.63) is 34.4 Å². The van der Waals surface area contributed by atoms with Crippen LogP contribution in [0, 0.1) is 13.8 Å². The standard InChI is InChI=1S/C11H17N/c1-4-10-5-9(3)11(7-12)6-8(10)2/h5-6H,4,7,12H2,1-3H3. The van der Waals surface area contributed by atoms with Crippen LogP contribution in [0.25, 0.3) is 0 Å². The average Bonchev–Trinajstić information content (AvgIpc) is 2.08. The highest BCUT2D eigenvalue weighted by Crippen LogP contribution is 2.15. The lowest BCUT2D eigenvalue weighted by molar-refractivity contribution is 1.02. The zero-order valence-corrected chi connectivity index (χ0v) is 8.15. The molecule has 1 rings (SSSR count). The van der Waals surface area contributed by atoms with E-state index in [1.165, 1.54) is 22.3 Å². The second-order valence-electron chi connectivity index (χ2n) is 3.26. The first-order valence-electron chi connectivity index (χ1n) is 4.48. The topological polar surface area (TPSA) is 26.0 Å². The van der Waals surface area contributed by atoms with Gasteiger partial charge in [-0.3, -0.25) is 0 Å². The van der Waals surface area contributed by atoms with E-state index in [0.29, 0.717) is 6.54 Å². The summed E-state index contributed by atoms with van der Waals surface area (Å²) >= 11 is 0. The monoisotopic (exact) mass is 163 g/mol. The maximum absolute atomic E-state index is 5.61. The van der Waals surface area contributed by atoms with Gasteiger partial charge in [-0.05, 0) is 42.5 Å². The summed E-state index contributed by atoms with van der Waals surface area (Å²) in [6.07, 6.45) is 1.11. The van der Waals surface area contributed by atoms with E-state index in [-0.39, 0.29) is 0 Å². The Morgan fingerprint density at radius 2 is 1.58 bits per heavy atom. The van der Waals surface area contributed by atoms with E-state index in [4.69, 9.17) is 5.73 Å². The SMILES string of the molecule is CCc1cc(C)c(CN)cc1C. The Balaban J connectivity index is 3.16. The van der Waals surface area contributed by atoms with Crippen molar-refractivity contribution in [1.29, 1.82) is 0 Å². The first-order valence-corrected chi connectivity index (χ1v) is 4.48. The molecule has 2 N–H and O–H groups in total. The first-order chi connectivity index (χ1) is 5.69. The lowest BCUT2D eigenvalue weighted by atomic mass is 9.99. The van der Waals surface area contributed by atoms with Crippen LogP contribution >= 0.6 is 0 Å². The highest BCUT2D eigenvalue weighted by atomic mass is 14.5. The molecule has 0 unspecified atom stereocenters. The first kappa shape index (κ1) is 9.27. The molecule has 0 amide bonds. The normalized spacial score (nSPS) is 10.3. The van der Waals surface area contributed by atoms with Crippen molar-refractivity contribution in [2.45, 2.75) is 33.7 Å². The molecule has 0 atom stereocenters. The van der Waals surface area contributed by atoms with Crippen molar-refractivity contribution in [2.24, 2.45) is 5.73 Å². The van der Waals surface area contributed by atoms with Crippen LogP contribution in [-0.4, -0.2) is 0 Å². The Kier molecular flexibility index (Phi) is 2.88. The van der Waals surface area contributed by atoms with E-state index < -0.39 is 0 Å². The Morgan fingerprint density at radius 1 is 1.08 bits per heavy atom. The Hall–Kier alpha value is -0.820. The van der Waals surface area contributed by atoms with Crippen LogP contribution in [0.3, 0.4) is 0 Å². The van der Waals surface area contributed by atoms with E-state index in [0.717, 1.165) is 6.42 Å². The van der Waals surface area contributed by atoms with Crippen molar-refractivity contribution >= 4 is 0 Å². The van der Waals surface area contributed by atoms with Crippen LogP contribution in [0.5, 0.6) is 0 Å². The van der Waals surface area contributed by atoms with Crippen LogP contribution in [0.1, 0.15) is 29.2 Å². The van der Waals surface area contributed by atoms with Crippen LogP contribution < -0.4 is 5.73 Å². The largest absolute Gasteiger partial charge is 0.326 e. The molecule has 0 aliphatic heterocycles. The lowest BCUT2D eigenvalue weighted by Crippen LogP contribution is -2.01. The van der Waals surface area contributed by atoms with Crippen molar-refractivity contribution in [1.82, 2.24) is 0 Å². The molecular weight excluding hydrogens is 146 g/mol. The maximum Gasteiger partial charge on any atom is 0.0180 e. The number of nitrogens with two attached hydrogens (primary N) is 1. The molecule has 0 heterocycles. The molecule has 0 spiro atoms. The molecule has 1 aromatic rings. The van der Waals surface area contributed by atoms with Crippen LogP contribution in [0.2, 0.25) is 0 Å². The number of hydrogen-bond acceptors (Lipinski definition) is 1. The second-order valence-corrected chi connectivity index (χ2v) is 3.26. The quantitative estimate of drug-likeness (QED) is 0.711. The molecule has 0 saturated carbocycles. The third-order valence-electron chi connectivity index (χ3n) is 2.40. The fourth-order valence-electron chi connectivity index (χ4n) is 1.54. The van der Waals surface area contributed by atoms with Crippen LogP contribution in [-0.2, 0) is 13.0 Å². The summed E-state index contributed by atoms with van der Waals surface area (Å²) in [6, 6.07) is 4.45. The van der Waals surface area contributed by atoms with E-state index >= 15 is 0 Å². The van der Waals surface area contributed by atoms with Crippen molar-refractivity contribution in [3.8, 4) is 0 Å². The number of benzene rings is 1. The summed E-state index contributed by atoms with van der Waals surface area (Å²) in [5, 5.41) is 0. The molecule has 1 aromatic carbocycles. The minimum atomic E-state index is 0.649. The van der Waals surface area contributed by atoms with Gasteiger partial charge in [-0.1, -0.05) is 19.1 Å². The highest BCUT2D eigenvalue weighted by Gasteiger charge is 2.00. The molecule has 0 fully saturated rings. The molecule has 0 aliphatic rings. The molecule has 0 aromatic heterocycles. The molecule has 1 heteroatoms. The highest BCUT2D eigenvalue weighted by molar-refractivity contribution is 5.37. The van der Waals surface area contributed by atoms with Gasteiger partial charge in [0.25, 0.3) is 0 Å². The minimum Gasteiger partial charge on any atom is -0.326 e. The maximum atomic E-state index is 5.61. The van der Waals surface area contributed by atoms with Crippen molar-refractivity contribution in [2.75, 3.05) is 0 Å². The van der Waals surface area contributed by atoms with Crippen LogP contribution in [0.4, 0.5) is 0 Å². The van der Waals surface area contributed by atoms with E-state index in [2.05, 4.69) is 32.9 Å². The zero-order valence-electron chi connectivity index (χ0n) is 8.15. The number of hydrogen-bond donors (Lipinski definition) is 1. The van der Waals surface area contributed by atoms with Gasteiger partial charge in [0, 0.05) is 6.54 Å². The van der Waals surface area contributed by atoms with Gasteiger partial charge in [-0.2, -0.15) is 0 Å². The molecular formula is C11H17N. The predicted octanol–water partition coefficient (Wildman–Crippen LogP) is 2.32. The van der Waals surface area contributed by atoms with Gasteiger partial charge in [-0.25, -0.2) is 0 Å².